The molecule has 0 fully saturated rings. The normalized spacial score (nSPS) is 17.9. The van der Waals surface area contributed by atoms with Gasteiger partial charge in [-0.25, -0.2) is 4.98 Å². The molecule has 0 aliphatic carbocycles. The van der Waals surface area contributed by atoms with E-state index < -0.39 is 0 Å². The van der Waals surface area contributed by atoms with Crippen LogP contribution in [0.1, 0.15) is 28.7 Å². The molecule has 0 radical (unpaired) electrons. The Balaban J connectivity index is 1.75. The van der Waals surface area contributed by atoms with Crippen LogP contribution in [0.25, 0.3) is 0 Å². The molecule has 0 saturated carbocycles. The largest absolute Gasteiger partial charge is 0.492 e. The van der Waals surface area contributed by atoms with Gasteiger partial charge >= 0.3 is 0 Å². The van der Waals surface area contributed by atoms with Gasteiger partial charge in [0.05, 0.1) is 22.3 Å². The Bertz CT molecular complexity index is 585. The van der Waals surface area contributed by atoms with Crippen LogP contribution in [0.3, 0.4) is 0 Å². The number of aromatic nitrogens is 1. The van der Waals surface area contributed by atoms with Crippen molar-refractivity contribution in [2.75, 3.05) is 6.61 Å². The molecule has 1 aliphatic heterocycles. The van der Waals surface area contributed by atoms with Crippen LogP contribution in [0.4, 0.5) is 0 Å². The van der Waals surface area contributed by atoms with Crippen LogP contribution < -0.4 is 10.1 Å². The van der Waals surface area contributed by atoms with Crippen LogP contribution in [0.5, 0.6) is 5.75 Å². The van der Waals surface area contributed by atoms with E-state index in [1.54, 1.807) is 11.3 Å². The Kier molecular flexibility index (Phi) is 3.73. The molecule has 2 heterocycles. The Morgan fingerprint density at radius 3 is 3.21 bits per heavy atom. The van der Waals surface area contributed by atoms with E-state index in [0.717, 1.165) is 35.0 Å². The summed E-state index contributed by atoms with van der Waals surface area (Å²) in [6.07, 6.45) is 0.955. The smallest absolute Gasteiger partial charge is 0.142 e. The Morgan fingerprint density at radius 1 is 1.53 bits per heavy atom. The first-order chi connectivity index (χ1) is 9.24. The number of benzene rings is 1. The molecular weight excluding hydrogens is 280 g/mol. The summed E-state index contributed by atoms with van der Waals surface area (Å²) < 4.78 is 5.66. The summed E-state index contributed by atoms with van der Waals surface area (Å²) in [7, 11) is 0. The summed E-state index contributed by atoms with van der Waals surface area (Å²) in [4.78, 5) is 4.47. The highest BCUT2D eigenvalue weighted by Gasteiger charge is 2.22. The van der Waals surface area contributed by atoms with Gasteiger partial charge in [0, 0.05) is 30.0 Å². The molecule has 5 heteroatoms. The standard InChI is InChI=1S/C14H15ClN2OS/c1-9-17-10(8-19-9)7-16-13-5-6-18-14-11(13)3-2-4-12(14)15/h2-4,8,13,16H,5-7H2,1H3. The van der Waals surface area contributed by atoms with Crippen molar-refractivity contribution in [2.45, 2.75) is 25.9 Å². The molecule has 19 heavy (non-hydrogen) atoms. The van der Waals surface area contributed by atoms with Crippen LogP contribution in [0, 0.1) is 6.92 Å². The van der Waals surface area contributed by atoms with Gasteiger partial charge in [-0.2, -0.15) is 0 Å². The number of rotatable bonds is 3. The van der Waals surface area contributed by atoms with Crippen molar-refractivity contribution in [3.8, 4) is 5.75 Å². The number of fused-ring (bicyclic) bond motifs is 1. The lowest BCUT2D eigenvalue weighted by Crippen LogP contribution is -2.27. The SMILES string of the molecule is Cc1nc(CNC2CCOc3c(Cl)cccc32)cs1. The molecule has 0 saturated heterocycles. The van der Waals surface area contributed by atoms with Crippen molar-refractivity contribution < 1.29 is 4.74 Å². The maximum Gasteiger partial charge on any atom is 0.142 e. The zero-order valence-electron chi connectivity index (χ0n) is 10.6. The van der Waals surface area contributed by atoms with Gasteiger partial charge in [0.1, 0.15) is 5.75 Å². The highest BCUT2D eigenvalue weighted by atomic mass is 35.5. The van der Waals surface area contributed by atoms with E-state index in [2.05, 4.69) is 21.7 Å². The summed E-state index contributed by atoms with van der Waals surface area (Å²) in [6.45, 7) is 3.50. The average Bonchev–Trinajstić information content (AvgIpc) is 2.83. The van der Waals surface area contributed by atoms with Crippen molar-refractivity contribution in [1.82, 2.24) is 10.3 Å². The number of halogens is 1. The monoisotopic (exact) mass is 294 g/mol. The van der Waals surface area contributed by atoms with E-state index in [1.165, 1.54) is 0 Å². The number of nitrogens with zero attached hydrogens (tertiary/aromatic N) is 1. The van der Waals surface area contributed by atoms with E-state index in [1.807, 2.05) is 19.1 Å². The fraction of sp³-hybridized carbons (Fsp3) is 0.357. The van der Waals surface area contributed by atoms with Gasteiger partial charge < -0.3 is 10.1 Å². The minimum Gasteiger partial charge on any atom is -0.492 e. The Morgan fingerprint density at radius 2 is 2.42 bits per heavy atom. The van der Waals surface area contributed by atoms with E-state index in [9.17, 15) is 0 Å². The first-order valence-electron chi connectivity index (χ1n) is 6.29. The van der Waals surface area contributed by atoms with E-state index in [4.69, 9.17) is 16.3 Å². The van der Waals surface area contributed by atoms with Gasteiger partial charge in [-0.15, -0.1) is 11.3 Å². The molecule has 0 amide bonds. The number of nitrogens with one attached hydrogen (secondary N) is 1. The summed E-state index contributed by atoms with van der Waals surface area (Å²) in [5.74, 6) is 0.822. The highest BCUT2D eigenvalue weighted by Crippen LogP contribution is 2.37. The minimum atomic E-state index is 0.282. The third kappa shape index (κ3) is 2.76. The van der Waals surface area contributed by atoms with Crippen LogP contribution in [0.15, 0.2) is 23.6 Å². The van der Waals surface area contributed by atoms with E-state index >= 15 is 0 Å². The molecule has 1 N–H and O–H groups in total. The third-order valence-electron chi connectivity index (χ3n) is 3.22. The van der Waals surface area contributed by atoms with E-state index in [0.29, 0.717) is 11.6 Å². The highest BCUT2D eigenvalue weighted by molar-refractivity contribution is 7.09. The number of ether oxygens (including phenoxy) is 1. The average molecular weight is 295 g/mol. The van der Waals surface area contributed by atoms with E-state index in [-0.39, 0.29) is 6.04 Å². The molecule has 1 aromatic carbocycles. The van der Waals surface area contributed by atoms with Gasteiger partial charge in [-0.1, -0.05) is 23.7 Å². The van der Waals surface area contributed by atoms with Crippen molar-refractivity contribution in [3.05, 3.63) is 44.9 Å². The summed E-state index contributed by atoms with van der Waals surface area (Å²) >= 11 is 7.85. The number of para-hydroxylation sites is 1. The second-order valence-electron chi connectivity index (χ2n) is 4.59. The lowest BCUT2D eigenvalue weighted by atomic mass is 10.0. The van der Waals surface area contributed by atoms with Gasteiger partial charge in [-0.3, -0.25) is 0 Å². The van der Waals surface area contributed by atoms with Crippen molar-refractivity contribution in [3.63, 3.8) is 0 Å². The fourth-order valence-electron chi connectivity index (χ4n) is 2.32. The van der Waals surface area contributed by atoms with Gasteiger partial charge in [0.2, 0.25) is 0 Å². The molecule has 1 unspecified atom stereocenters. The van der Waals surface area contributed by atoms with Gasteiger partial charge in [0.25, 0.3) is 0 Å². The minimum absolute atomic E-state index is 0.282. The number of aryl methyl sites for hydroxylation is 1. The maximum absolute atomic E-state index is 6.16. The number of hydrogen-bond acceptors (Lipinski definition) is 4. The summed E-state index contributed by atoms with van der Waals surface area (Å²) in [6, 6.07) is 6.19. The fourth-order valence-corrected chi connectivity index (χ4v) is 3.16. The second kappa shape index (κ2) is 5.49. The Hall–Kier alpha value is -1.10. The maximum atomic E-state index is 6.16. The van der Waals surface area contributed by atoms with Crippen LogP contribution in [0.2, 0.25) is 5.02 Å². The lowest BCUT2D eigenvalue weighted by molar-refractivity contribution is 0.252. The lowest BCUT2D eigenvalue weighted by Gasteiger charge is -2.27. The third-order valence-corrected chi connectivity index (χ3v) is 4.34. The predicted molar refractivity (Wildman–Crippen MR) is 78.0 cm³/mol. The molecule has 1 aromatic heterocycles. The topological polar surface area (TPSA) is 34.2 Å². The first kappa shape index (κ1) is 12.9. The summed E-state index contributed by atoms with van der Waals surface area (Å²) in [5.41, 5.74) is 2.24. The predicted octanol–water partition coefficient (Wildman–Crippen LogP) is 3.72. The zero-order valence-corrected chi connectivity index (χ0v) is 12.2. The molecule has 100 valence electrons. The zero-order chi connectivity index (χ0) is 13.2. The van der Waals surface area contributed by atoms with Gasteiger partial charge in [-0.05, 0) is 13.0 Å². The summed E-state index contributed by atoms with van der Waals surface area (Å²) in [5, 5.41) is 7.43. The van der Waals surface area contributed by atoms with Crippen molar-refractivity contribution in [2.24, 2.45) is 0 Å². The van der Waals surface area contributed by atoms with Crippen molar-refractivity contribution >= 4 is 22.9 Å². The first-order valence-corrected chi connectivity index (χ1v) is 7.55. The van der Waals surface area contributed by atoms with Crippen LogP contribution >= 0.6 is 22.9 Å². The quantitative estimate of drug-likeness (QED) is 0.937. The second-order valence-corrected chi connectivity index (χ2v) is 6.06. The molecule has 3 rings (SSSR count). The Labute approximate surface area is 121 Å². The number of thiazole rings is 1. The van der Waals surface area contributed by atoms with Crippen molar-refractivity contribution in [1.29, 1.82) is 0 Å². The van der Waals surface area contributed by atoms with Crippen LogP contribution in [-0.4, -0.2) is 11.6 Å². The molecular formula is C14H15ClN2OS. The molecule has 0 bridgehead atoms. The molecule has 1 atom stereocenters. The molecule has 1 aliphatic rings. The molecule has 0 spiro atoms. The molecule has 3 nitrogen and oxygen atoms in total. The molecule has 2 aromatic rings. The van der Waals surface area contributed by atoms with Crippen LogP contribution in [-0.2, 0) is 6.54 Å². The number of hydrogen-bond donors (Lipinski definition) is 1. The van der Waals surface area contributed by atoms with Gasteiger partial charge in [0.15, 0.2) is 0 Å².